The number of ether oxygens (including phenoxy) is 1. The van der Waals surface area contributed by atoms with E-state index >= 15 is 0 Å². The maximum Gasteiger partial charge on any atom is 0.0778 e. The average Bonchev–Trinajstić information content (AvgIpc) is 2.83. The van der Waals surface area contributed by atoms with Gasteiger partial charge in [-0.25, -0.2) is 0 Å². The molecule has 4 heteroatoms. The lowest BCUT2D eigenvalue weighted by atomic mass is 10.0. The zero-order valence-electron chi connectivity index (χ0n) is 12.3. The minimum Gasteiger partial charge on any atom is -0.379 e. The molecule has 1 aromatic heterocycles. The normalized spacial score (nSPS) is 15.0. The number of hydrogen-bond donors (Lipinski definition) is 1. The molecule has 0 aliphatic rings. The van der Waals surface area contributed by atoms with E-state index in [1.807, 2.05) is 6.20 Å². The summed E-state index contributed by atoms with van der Waals surface area (Å²) in [5.41, 5.74) is 1.21. The van der Waals surface area contributed by atoms with Gasteiger partial charge in [0.05, 0.1) is 17.8 Å². The molecule has 104 valence electrons. The quantitative estimate of drug-likeness (QED) is 0.774. The van der Waals surface area contributed by atoms with Crippen LogP contribution < -0.4 is 5.32 Å². The monoisotopic (exact) mass is 253 g/mol. The Balaban J connectivity index is 2.96. The van der Waals surface area contributed by atoms with Gasteiger partial charge in [0.1, 0.15) is 0 Å². The van der Waals surface area contributed by atoms with Crippen molar-refractivity contribution in [1.29, 1.82) is 0 Å². The molecule has 0 radical (unpaired) electrons. The standard InChI is InChI=1S/C14H27N3O/c1-6-9-15-14(13(7-2)18-5)12-8-10-16-17(12)11(3)4/h8,10-11,13-15H,6-7,9H2,1-5H3. The lowest BCUT2D eigenvalue weighted by Gasteiger charge is -2.27. The maximum absolute atomic E-state index is 5.61. The third kappa shape index (κ3) is 3.56. The van der Waals surface area contributed by atoms with Crippen molar-refractivity contribution in [2.24, 2.45) is 0 Å². The minimum absolute atomic E-state index is 0.186. The summed E-state index contributed by atoms with van der Waals surface area (Å²) in [7, 11) is 1.78. The highest BCUT2D eigenvalue weighted by Gasteiger charge is 2.24. The van der Waals surface area contributed by atoms with E-state index in [1.54, 1.807) is 7.11 Å². The summed E-state index contributed by atoms with van der Waals surface area (Å²) in [5, 5.41) is 8.00. The third-order valence-corrected chi connectivity index (χ3v) is 3.20. The Morgan fingerprint density at radius 1 is 1.39 bits per heavy atom. The Kier molecular flexibility index (Phi) is 6.36. The van der Waals surface area contributed by atoms with Crippen molar-refractivity contribution in [3.8, 4) is 0 Å². The fraction of sp³-hybridized carbons (Fsp3) is 0.786. The molecule has 0 spiro atoms. The SMILES string of the molecule is CCCNC(c1ccnn1C(C)C)C(CC)OC. The Labute approximate surface area is 111 Å². The van der Waals surface area contributed by atoms with Crippen LogP contribution in [0.3, 0.4) is 0 Å². The molecular weight excluding hydrogens is 226 g/mol. The summed E-state index contributed by atoms with van der Waals surface area (Å²) in [4.78, 5) is 0. The van der Waals surface area contributed by atoms with E-state index in [1.165, 1.54) is 5.69 Å². The Morgan fingerprint density at radius 2 is 2.11 bits per heavy atom. The smallest absolute Gasteiger partial charge is 0.0778 e. The summed E-state index contributed by atoms with van der Waals surface area (Å²) < 4.78 is 7.69. The van der Waals surface area contributed by atoms with Gasteiger partial charge in [-0.15, -0.1) is 0 Å². The third-order valence-electron chi connectivity index (χ3n) is 3.20. The molecule has 1 heterocycles. The van der Waals surface area contributed by atoms with Gasteiger partial charge in [0.2, 0.25) is 0 Å². The lowest BCUT2D eigenvalue weighted by Crippen LogP contribution is -2.35. The molecule has 2 atom stereocenters. The number of aromatic nitrogens is 2. The lowest BCUT2D eigenvalue weighted by molar-refractivity contribution is 0.0618. The van der Waals surface area contributed by atoms with Crippen molar-refractivity contribution in [3.05, 3.63) is 18.0 Å². The van der Waals surface area contributed by atoms with Crippen LogP contribution in [0.15, 0.2) is 12.3 Å². The van der Waals surface area contributed by atoms with E-state index in [2.05, 4.69) is 48.9 Å². The summed E-state index contributed by atoms with van der Waals surface area (Å²) in [5.74, 6) is 0. The first kappa shape index (κ1) is 15.2. The van der Waals surface area contributed by atoms with Gasteiger partial charge in [-0.1, -0.05) is 13.8 Å². The highest BCUT2D eigenvalue weighted by atomic mass is 16.5. The van der Waals surface area contributed by atoms with Crippen molar-refractivity contribution in [3.63, 3.8) is 0 Å². The number of hydrogen-bond acceptors (Lipinski definition) is 3. The minimum atomic E-state index is 0.186. The molecule has 0 saturated heterocycles. The van der Waals surface area contributed by atoms with E-state index in [0.717, 1.165) is 19.4 Å². The maximum atomic E-state index is 5.61. The first-order chi connectivity index (χ1) is 8.65. The van der Waals surface area contributed by atoms with Crippen LogP contribution in [0.1, 0.15) is 58.3 Å². The van der Waals surface area contributed by atoms with E-state index in [4.69, 9.17) is 4.74 Å². The topological polar surface area (TPSA) is 39.1 Å². The van der Waals surface area contributed by atoms with Gasteiger partial charge in [0.15, 0.2) is 0 Å². The first-order valence-corrected chi connectivity index (χ1v) is 6.95. The van der Waals surface area contributed by atoms with Crippen LogP contribution in [0.5, 0.6) is 0 Å². The molecule has 0 amide bonds. The van der Waals surface area contributed by atoms with Crippen LogP contribution in [0.2, 0.25) is 0 Å². The largest absolute Gasteiger partial charge is 0.379 e. The fourth-order valence-electron chi connectivity index (χ4n) is 2.27. The zero-order chi connectivity index (χ0) is 13.5. The van der Waals surface area contributed by atoms with Crippen molar-refractivity contribution in [2.45, 2.75) is 58.7 Å². The molecule has 0 saturated carbocycles. The average molecular weight is 253 g/mol. The van der Waals surface area contributed by atoms with Gasteiger partial charge in [0, 0.05) is 19.3 Å². The van der Waals surface area contributed by atoms with Crippen molar-refractivity contribution in [2.75, 3.05) is 13.7 Å². The molecule has 1 rings (SSSR count). The molecule has 0 aromatic carbocycles. The summed E-state index contributed by atoms with van der Waals surface area (Å²) in [6, 6.07) is 2.68. The summed E-state index contributed by atoms with van der Waals surface area (Å²) in [6.07, 6.45) is 4.16. The second kappa shape index (κ2) is 7.54. The Bertz CT molecular complexity index is 332. The first-order valence-electron chi connectivity index (χ1n) is 6.95. The molecule has 0 aliphatic carbocycles. The van der Waals surface area contributed by atoms with Gasteiger partial charge in [-0.05, 0) is 39.3 Å². The number of nitrogens with zero attached hydrogens (tertiary/aromatic N) is 2. The molecule has 1 N–H and O–H groups in total. The van der Waals surface area contributed by atoms with Crippen molar-refractivity contribution >= 4 is 0 Å². The van der Waals surface area contributed by atoms with Gasteiger partial charge in [-0.2, -0.15) is 5.10 Å². The Morgan fingerprint density at radius 3 is 2.61 bits per heavy atom. The van der Waals surface area contributed by atoms with Crippen molar-refractivity contribution < 1.29 is 4.74 Å². The highest BCUT2D eigenvalue weighted by Crippen LogP contribution is 2.23. The molecule has 1 aromatic rings. The van der Waals surface area contributed by atoms with Crippen LogP contribution >= 0.6 is 0 Å². The van der Waals surface area contributed by atoms with Crippen LogP contribution in [-0.4, -0.2) is 29.5 Å². The van der Waals surface area contributed by atoms with Gasteiger partial charge in [-0.3, -0.25) is 4.68 Å². The highest BCUT2D eigenvalue weighted by molar-refractivity contribution is 5.10. The summed E-state index contributed by atoms with van der Waals surface area (Å²) >= 11 is 0. The second-order valence-electron chi connectivity index (χ2n) is 4.91. The van der Waals surface area contributed by atoms with Crippen LogP contribution in [0, 0.1) is 0 Å². The van der Waals surface area contributed by atoms with E-state index in [-0.39, 0.29) is 12.1 Å². The van der Waals surface area contributed by atoms with Gasteiger partial charge >= 0.3 is 0 Å². The molecule has 2 unspecified atom stereocenters. The number of rotatable bonds is 8. The predicted molar refractivity (Wildman–Crippen MR) is 74.7 cm³/mol. The van der Waals surface area contributed by atoms with Gasteiger partial charge in [0.25, 0.3) is 0 Å². The second-order valence-corrected chi connectivity index (χ2v) is 4.91. The molecule has 0 aliphatic heterocycles. The van der Waals surface area contributed by atoms with Crippen LogP contribution in [0.25, 0.3) is 0 Å². The van der Waals surface area contributed by atoms with E-state index in [0.29, 0.717) is 6.04 Å². The Hall–Kier alpha value is -0.870. The number of methoxy groups -OCH3 is 1. The van der Waals surface area contributed by atoms with Crippen LogP contribution in [0.4, 0.5) is 0 Å². The summed E-state index contributed by atoms with van der Waals surface area (Å²) in [6.45, 7) is 9.64. The van der Waals surface area contributed by atoms with E-state index in [9.17, 15) is 0 Å². The molecule has 0 fully saturated rings. The van der Waals surface area contributed by atoms with Crippen molar-refractivity contribution in [1.82, 2.24) is 15.1 Å². The predicted octanol–water partition coefficient (Wildman–Crippen LogP) is 2.93. The fourth-order valence-corrected chi connectivity index (χ4v) is 2.27. The number of nitrogens with one attached hydrogen (secondary N) is 1. The van der Waals surface area contributed by atoms with E-state index < -0.39 is 0 Å². The molecular formula is C14H27N3O. The molecule has 0 bridgehead atoms. The van der Waals surface area contributed by atoms with Crippen LogP contribution in [-0.2, 0) is 4.74 Å². The zero-order valence-corrected chi connectivity index (χ0v) is 12.3. The molecule has 4 nitrogen and oxygen atoms in total. The molecule has 18 heavy (non-hydrogen) atoms. The van der Waals surface area contributed by atoms with Gasteiger partial charge < -0.3 is 10.1 Å².